The smallest absolute Gasteiger partial charge is 0.177 e. The summed E-state index contributed by atoms with van der Waals surface area (Å²) in [4.78, 5) is 4.29. The second-order valence-corrected chi connectivity index (χ2v) is 8.37. The van der Waals surface area contributed by atoms with Gasteiger partial charge in [-0.05, 0) is 67.7 Å². The first kappa shape index (κ1) is 16.5. The molecule has 0 radical (unpaired) electrons. The average Bonchev–Trinajstić information content (AvgIpc) is 2.92. The Morgan fingerprint density at radius 3 is 2.60 bits per heavy atom. The Bertz CT molecular complexity index is 840. The number of nitriles is 1. The molecule has 2 aromatic rings. The normalized spacial score (nSPS) is 26.6. The molecule has 2 aliphatic rings. The van der Waals surface area contributed by atoms with Gasteiger partial charge in [0.25, 0.3) is 0 Å². The standard InChI is InChI=1S/C22H21BrN2/c23-19-7-6-18-14-22(21(25-15-24)20(18)13-19)10-8-17(9-11-22)12-16-4-2-1-3-5-16/h1-7,13,17H,8-12,14H2/b25-21-. The van der Waals surface area contributed by atoms with E-state index in [-0.39, 0.29) is 5.41 Å². The largest absolute Gasteiger partial charge is 0.205 e. The lowest BCUT2D eigenvalue weighted by atomic mass is 9.67. The highest BCUT2D eigenvalue weighted by molar-refractivity contribution is 9.10. The summed E-state index contributed by atoms with van der Waals surface area (Å²) >= 11 is 3.56. The lowest BCUT2D eigenvalue weighted by molar-refractivity contribution is 0.226. The second-order valence-electron chi connectivity index (χ2n) is 7.45. The van der Waals surface area contributed by atoms with Crippen LogP contribution in [0.25, 0.3) is 0 Å². The van der Waals surface area contributed by atoms with Crippen molar-refractivity contribution in [2.75, 3.05) is 0 Å². The van der Waals surface area contributed by atoms with Gasteiger partial charge < -0.3 is 0 Å². The van der Waals surface area contributed by atoms with Crippen LogP contribution in [0, 0.1) is 22.8 Å². The first-order chi connectivity index (χ1) is 12.2. The van der Waals surface area contributed by atoms with Gasteiger partial charge in [-0.3, -0.25) is 0 Å². The summed E-state index contributed by atoms with van der Waals surface area (Å²) in [5.74, 6) is 0.742. The van der Waals surface area contributed by atoms with E-state index in [1.54, 1.807) is 0 Å². The molecule has 0 amide bonds. The molecule has 0 aromatic heterocycles. The molecule has 2 aromatic carbocycles. The molecule has 0 aliphatic heterocycles. The Balaban J connectivity index is 1.54. The molecular weight excluding hydrogens is 372 g/mol. The summed E-state index contributed by atoms with van der Waals surface area (Å²) in [6.45, 7) is 0. The fourth-order valence-corrected chi connectivity index (χ4v) is 5.04. The van der Waals surface area contributed by atoms with Crippen molar-refractivity contribution < 1.29 is 0 Å². The molecule has 0 heterocycles. The van der Waals surface area contributed by atoms with Gasteiger partial charge >= 0.3 is 0 Å². The van der Waals surface area contributed by atoms with Gasteiger partial charge in [0, 0.05) is 15.5 Å². The number of hydrogen-bond acceptors (Lipinski definition) is 2. The third-order valence-electron chi connectivity index (χ3n) is 5.95. The number of nitrogens with zero attached hydrogens (tertiary/aromatic N) is 2. The van der Waals surface area contributed by atoms with Crippen LogP contribution in [0.2, 0.25) is 0 Å². The van der Waals surface area contributed by atoms with E-state index in [9.17, 15) is 5.26 Å². The van der Waals surface area contributed by atoms with Crippen molar-refractivity contribution in [2.45, 2.75) is 38.5 Å². The first-order valence-electron chi connectivity index (χ1n) is 9.00. The van der Waals surface area contributed by atoms with Crippen LogP contribution in [0.1, 0.15) is 42.4 Å². The number of fused-ring (bicyclic) bond motifs is 1. The van der Waals surface area contributed by atoms with Crippen LogP contribution in [0.4, 0.5) is 0 Å². The van der Waals surface area contributed by atoms with Crippen molar-refractivity contribution in [1.82, 2.24) is 0 Å². The lowest BCUT2D eigenvalue weighted by Gasteiger charge is -2.37. The summed E-state index contributed by atoms with van der Waals surface area (Å²) < 4.78 is 1.06. The molecule has 126 valence electrons. The Morgan fingerprint density at radius 1 is 1.12 bits per heavy atom. The van der Waals surface area contributed by atoms with E-state index in [1.807, 2.05) is 0 Å². The number of halogens is 1. The maximum Gasteiger partial charge on any atom is 0.205 e. The highest BCUT2D eigenvalue weighted by Crippen LogP contribution is 2.49. The molecule has 0 bridgehead atoms. The van der Waals surface area contributed by atoms with E-state index >= 15 is 0 Å². The van der Waals surface area contributed by atoms with E-state index in [4.69, 9.17) is 0 Å². The van der Waals surface area contributed by atoms with Crippen molar-refractivity contribution in [3.8, 4) is 6.19 Å². The zero-order valence-electron chi connectivity index (χ0n) is 14.2. The molecule has 1 saturated carbocycles. The highest BCUT2D eigenvalue weighted by atomic mass is 79.9. The SMILES string of the molecule is N#C/N=C1/c2cc(Br)ccc2CC12CCC(Cc1ccccc1)CC2. The number of hydrogen-bond donors (Lipinski definition) is 0. The van der Waals surface area contributed by atoms with Crippen LogP contribution >= 0.6 is 15.9 Å². The van der Waals surface area contributed by atoms with Crippen molar-refractivity contribution >= 4 is 21.6 Å². The van der Waals surface area contributed by atoms with Gasteiger partial charge in [-0.1, -0.05) is 52.3 Å². The first-order valence-corrected chi connectivity index (χ1v) is 9.79. The van der Waals surface area contributed by atoms with Crippen molar-refractivity contribution in [1.29, 1.82) is 5.26 Å². The third kappa shape index (κ3) is 3.16. The minimum Gasteiger partial charge on any atom is -0.177 e. The number of rotatable bonds is 2. The van der Waals surface area contributed by atoms with E-state index in [2.05, 4.69) is 75.6 Å². The molecule has 2 aliphatic carbocycles. The topological polar surface area (TPSA) is 36.1 Å². The molecule has 1 fully saturated rings. The average molecular weight is 393 g/mol. The fourth-order valence-electron chi connectivity index (χ4n) is 4.68. The maximum absolute atomic E-state index is 9.23. The zero-order chi connectivity index (χ0) is 17.3. The van der Waals surface area contributed by atoms with Gasteiger partial charge in [-0.25, -0.2) is 0 Å². The van der Waals surface area contributed by atoms with Gasteiger partial charge in [0.15, 0.2) is 0 Å². The van der Waals surface area contributed by atoms with Gasteiger partial charge in [-0.2, -0.15) is 10.3 Å². The van der Waals surface area contributed by atoms with Crippen LogP contribution in [-0.2, 0) is 12.8 Å². The van der Waals surface area contributed by atoms with Crippen molar-refractivity contribution in [3.63, 3.8) is 0 Å². The summed E-state index contributed by atoms with van der Waals surface area (Å²) in [5, 5.41) is 9.23. The zero-order valence-corrected chi connectivity index (χ0v) is 15.8. The van der Waals surface area contributed by atoms with Crippen molar-refractivity contribution in [3.05, 3.63) is 69.7 Å². The predicted octanol–water partition coefficient (Wildman–Crippen LogP) is 5.69. The summed E-state index contributed by atoms with van der Waals surface area (Å²) in [7, 11) is 0. The van der Waals surface area contributed by atoms with Gasteiger partial charge in [0.2, 0.25) is 6.19 Å². The number of benzene rings is 2. The molecule has 0 unspecified atom stereocenters. The Labute approximate surface area is 157 Å². The lowest BCUT2D eigenvalue weighted by Crippen LogP contribution is -2.34. The molecule has 2 nitrogen and oxygen atoms in total. The minimum absolute atomic E-state index is 0.0754. The molecule has 1 spiro atoms. The minimum atomic E-state index is 0.0754. The molecular formula is C22H21BrN2. The molecule has 0 atom stereocenters. The van der Waals surface area contributed by atoms with Gasteiger partial charge in [-0.15, -0.1) is 0 Å². The Hall–Kier alpha value is -1.92. The Kier molecular flexibility index (Phi) is 4.48. The maximum atomic E-state index is 9.23. The van der Waals surface area contributed by atoms with E-state index in [0.717, 1.165) is 35.4 Å². The van der Waals surface area contributed by atoms with Crippen LogP contribution in [-0.4, -0.2) is 5.71 Å². The monoisotopic (exact) mass is 392 g/mol. The molecule has 25 heavy (non-hydrogen) atoms. The van der Waals surface area contributed by atoms with Crippen LogP contribution in [0.15, 0.2) is 58.0 Å². The van der Waals surface area contributed by atoms with Crippen LogP contribution in [0.3, 0.4) is 0 Å². The van der Waals surface area contributed by atoms with Crippen LogP contribution in [0.5, 0.6) is 0 Å². The quantitative estimate of drug-likeness (QED) is 0.604. The van der Waals surface area contributed by atoms with Gasteiger partial charge in [0.1, 0.15) is 0 Å². The van der Waals surface area contributed by atoms with Gasteiger partial charge in [0.05, 0.1) is 5.71 Å². The Morgan fingerprint density at radius 2 is 1.88 bits per heavy atom. The predicted molar refractivity (Wildman–Crippen MR) is 105 cm³/mol. The highest BCUT2D eigenvalue weighted by Gasteiger charge is 2.45. The third-order valence-corrected chi connectivity index (χ3v) is 6.44. The van der Waals surface area contributed by atoms with Crippen LogP contribution < -0.4 is 0 Å². The summed E-state index contributed by atoms with van der Waals surface area (Å²) in [6, 6.07) is 17.2. The molecule has 0 N–H and O–H groups in total. The fraction of sp³-hybridized carbons (Fsp3) is 0.364. The summed E-state index contributed by atoms with van der Waals surface area (Å²) in [6.07, 6.45) is 8.97. The summed E-state index contributed by atoms with van der Waals surface area (Å²) in [5.41, 5.74) is 5.07. The number of aliphatic imine (C=N–C) groups is 1. The van der Waals surface area contributed by atoms with Crippen molar-refractivity contribution in [2.24, 2.45) is 16.3 Å². The second kappa shape index (κ2) is 6.77. The molecule has 3 heteroatoms. The molecule has 4 rings (SSSR count). The van der Waals surface area contributed by atoms with E-state index in [0.29, 0.717) is 0 Å². The van der Waals surface area contributed by atoms with E-state index < -0.39 is 0 Å². The molecule has 0 saturated heterocycles. The van der Waals surface area contributed by atoms with E-state index in [1.165, 1.54) is 36.0 Å².